The molecule has 3 unspecified atom stereocenters. The summed E-state index contributed by atoms with van der Waals surface area (Å²) in [5.41, 5.74) is -1.89. The van der Waals surface area contributed by atoms with Crippen molar-refractivity contribution < 1.29 is 29.1 Å². The molecule has 0 aliphatic carbocycles. The quantitative estimate of drug-likeness (QED) is 0.375. The van der Waals surface area contributed by atoms with Crippen LogP contribution in [0, 0.1) is 10.8 Å². The molecule has 0 N–H and O–H groups in total. The summed E-state index contributed by atoms with van der Waals surface area (Å²) in [5.74, 6) is -1.17. The number of carbonyl (C=O) groups excluding carboxylic acids is 2. The summed E-state index contributed by atoms with van der Waals surface area (Å²) in [7, 11) is 0. The molecule has 0 aromatic heterocycles. The van der Waals surface area contributed by atoms with Crippen LogP contribution in [0.15, 0.2) is 0 Å². The van der Waals surface area contributed by atoms with Crippen molar-refractivity contribution in [3.05, 3.63) is 0 Å². The van der Waals surface area contributed by atoms with Crippen LogP contribution in [0.1, 0.15) is 99.8 Å². The molecule has 1 aliphatic rings. The highest BCUT2D eigenvalue weighted by molar-refractivity contribution is 5.82. The fourth-order valence-electron chi connectivity index (χ4n) is 3.85. The normalized spacial score (nSPS) is 24.6. The first kappa shape index (κ1) is 23.9. The molecule has 0 aromatic carbocycles. The highest BCUT2D eigenvalue weighted by Gasteiger charge is 2.58. The van der Waals surface area contributed by atoms with Crippen LogP contribution in [-0.4, -0.2) is 23.6 Å². The standard InChI is InChI=1S/C21H38O6/c1-8-12-14-20(10-3,15-19(5,6)7)17(22)25-26-18(23)21(11-4)16(13-9-2)24-27-21/h16H,8-15H2,1-7H3. The zero-order valence-corrected chi connectivity index (χ0v) is 18.2. The predicted octanol–water partition coefficient (Wildman–Crippen LogP) is 5.29. The number of unbranched alkanes of at least 4 members (excludes halogenated alkanes) is 1. The van der Waals surface area contributed by atoms with E-state index >= 15 is 0 Å². The van der Waals surface area contributed by atoms with E-state index in [2.05, 4.69) is 27.7 Å². The second kappa shape index (κ2) is 9.87. The number of carbonyl (C=O) groups is 2. The van der Waals surface area contributed by atoms with Gasteiger partial charge >= 0.3 is 11.9 Å². The molecule has 1 fully saturated rings. The molecule has 6 heteroatoms. The van der Waals surface area contributed by atoms with Gasteiger partial charge in [0.25, 0.3) is 0 Å². The summed E-state index contributed by atoms with van der Waals surface area (Å²) in [4.78, 5) is 45.8. The number of hydrogen-bond donors (Lipinski definition) is 0. The van der Waals surface area contributed by atoms with Gasteiger partial charge in [-0.15, -0.1) is 0 Å². The van der Waals surface area contributed by atoms with Gasteiger partial charge in [0, 0.05) is 0 Å². The summed E-state index contributed by atoms with van der Waals surface area (Å²) in [6.07, 6.45) is 5.48. The van der Waals surface area contributed by atoms with Crippen molar-refractivity contribution in [2.75, 3.05) is 0 Å². The molecular formula is C21H38O6. The molecule has 1 heterocycles. The van der Waals surface area contributed by atoms with E-state index in [9.17, 15) is 9.59 Å². The van der Waals surface area contributed by atoms with Gasteiger partial charge in [-0.25, -0.2) is 29.1 Å². The van der Waals surface area contributed by atoms with Crippen LogP contribution < -0.4 is 0 Å². The third kappa shape index (κ3) is 5.67. The lowest BCUT2D eigenvalue weighted by Crippen LogP contribution is -2.62. The Kier molecular flexibility index (Phi) is 8.74. The highest BCUT2D eigenvalue weighted by atomic mass is 17.3. The van der Waals surface area contributed by atoms with E-state index in [4.69, 9.17) is 19.6 Å². The lowest BCUT2D eigenvalue weighted by molar-refractivity contribution is -0.502. The van der Waals surface area contributed by atoms with E-state index in [1.807, 2.05) is 20.8 Å². The predicted molar refractivity (Wildman–Crippen MR) is 102 cm³/mol. The van der Waals surface area contributed by atoms with E-state index in [1.54, 1.807) is 0 Å². The minimum Gasteiger partial charge on any atom is -0.247 e. The Morgan fingerprint density at radius 3 is 2.11 bits per heavy atom. The van der Waals surface area contributed by atoms with Gasteiger partial charge in [-0.05, 0) is 37.5 Å². The van der Waals surface area contributed by atoms with E-state index in [0.29, 0.717) is 32.1 Å². The third-order valence-electron chi connectivity index (χ3n) is 5.44. The molecule has 0 spiro atoms. The van der Waals surface area contributed by atoms with E-state index in [0.717, 1.165) is 19.3 Å². The molecule has 0 saturated carbocycles. The molecule has 1 rings (SSSR count). The van der Waals surface area contributed by atoms with Crippen LogP contribution in [0.25, 0.3) is 0 Å². The maximum absolute atomic E-state index is 12.9. The van der Waals surface area contributed by atoms with Crippen molar-refractivity contribution in [3.63, 3.8) is 0 Å². The van der Waals surface area contributed by atoms with Gasteiger partial charge < -0.3 is 0 Å². The Hall–Kier alpha value is -1.14. The average molecular weight is 387 g/mol. The first-order valence-electron chi connectivity index (χ1n) is 10.4. The SMILES string of the molecule is CCCCC(CC)(CC(C)(C)C)C(=O)OOC(=O)C1(CC)OOC1CCC. The highest BCUT2D eigenvalue weighted by Crippen LogP contribution is 2.42. The first-order valence-corrected chi connectivity index (χ1v) is 10.4. The van der Waals surface area contributed by atoms with Crippen molar-refractivity contribution in [1.29, 1.82) is 0 Å². The van der Waals surface area contributed by atoms with Gasteiger partial charge in [-0.3, -0.25) is 0 Å². The molecule has 158 valence electrons. The molecule has 0 radical (unpaired) electrons. The topological polar surface area (TPSA) is 71.1 Å². The third-order valence-corrected chi connectivity index (χ3v) is 5.44. The Labute approximate surface area is 164 Å². The summed E-state index contributed by atoms with van der Waals surface area (Å²) in [6.45, 7) is 14.2. The summed E-state index contributed by atoms with van der Waals surface area (Å²) in [6, 6.07) is 0. The van der Waals surface area contributed by atoms with Crippen molar-refractivity contribution >= 4 is 11.9 Å². The van der Waals surface area contributed by atoms with Gasteiger partial charge in [-0.1, -0.05) is 67.7 Å². The Bertz CT molecular complexity index is 493. The van der Waals surface area contributed by atoms with Crippen molar-refractivity contribution in [2.45, 2.75) is 112 Å². The maximum Gasteiger partial charge on any atom is 0.393 e. The second-order valence-corrected chi connectivity index (χ2v) is 8.92. The zero-order valence-electron chi connectivity index (χ0n) is 18.2. The van der Waals surface area contributed by atoms with Crippen molar-refractivity contribution in [3.8, 4) is 0 Å². The lowest BCUT2D eigenvalue weighted by atomic mass is 9.69. The minimum absolute atomic E-state index is 0.0471. The van der Waals surface area contributed by atoms with E-state index in [1.165, 1.54) is 0 Å². The van der Waals surface area contributed by atoms with Gasteiger partial charge in [-0.2, -0.15) is 0 Å². The Morgan fingerprint density at radius 1 is 1.04 bits per heavy atom. The Morgan fingerprint density at radius 2 is 1.70 bits per heavy atom. The summed E-state index contributed by atoms with van der Waals surface area (Å²) in [5, 5.41) is 0. The molecule has 6 nitrogen and oxygen atoms in total. The van der Waals surface area contributed by atoms with Gasteiger partial charge in [0.05, 0.1) is 5.41 Å². The van der Waals surface area contributed by atoms with Crippen molar-refractivity contribution in [2.24, 2.45) is 10.8 Å². The average Bonchev–Trinajstić information content (AvgIpc) is 2.60. The van der Waals surface area contributed by atoms with Crippen LogP contribution in [-0.2, 0) is 29.1 Å². The summed E-state index contributed by atoms with van der Waals surface area (Å²) < 4.78 is 0. The Balaban J connectivity index is 2.84. The molecule has 1 aliphatic heterocycles. The molecule has 1 saturated heterocycles. The second-order valence-electron chi connectivity index (χ2n) is 8.92. The van der Waals surface area contributed by atoms with E-state index in [-0.39, 0.29) is 11.5 Å². The molecule has 0 bridgehead atoms. The van der Waals surface area contributed by atoms with Crippen molar-refractivity contribution in [1.82, 2.24) is 0 Å². The fourth-order valence-corrected chi connectivity index (χ4v) is 3.85. The maximum atomic E-state index is 12.9. The molecule has 0 amide bonds. The lowest BCUT2D eigenvalue weighted by Gasteiger charge is -2.43. The smallest absolute Gasteiger partial charge is 0.247 e. The number of rotatable bonds is 10. The van der Waals surface area contributed by atoms with Crippen LogP contribution in [0.4, 0.5) is 0 Å². The molecule has 0 aromatic rings. The first-order chi connectivity index (χ1) is 12.6. The van der Waals surface area contributed by atoms with Crippen LogP contribution in [0.2, 0.25) is 0 Å². The zero-order chi connectivity index (χ0) is 20.7. The fraction of sp³-hybridized carbons (Fsp3) is 0.905. The van der Waals surface area contributed by atoms with Gasteiger partial charge in [0.1, 0.15) is 6.10 Å². The van der Waals surface area contributed by atoms with E-state index < -0.39 is 23.0 Å². The minimum atomic E-state index is -1.18. The molecule has 3 atom stereocenters. The largest absolute Gasteiger partial charge is 0.393 e. The van der Waals surface area contributed by atoms with Gasteiger partial charge in [0.2, 0.25) is 5.60 Å². The van der Waals surface area contributed by atoms with Crippen LogP contribution in [0.5, 0.6) is 0 Å². The van der Waals surface area contributed by atoms with Gasteiger partial charge in [0.15, 0.2) is 0 Å². The summed E-state index contributed by atoms with van der Waals surface area (Å²) >= 11 is 0. The number of hydrogen-bond acceptors (Lipinski definition) is 6. The van der Waals surface area contributed by atoms with Crippen LogP contribution in [0.3, 0.4) is 0 Å². The molecule has 27 heavy (non-hydrogen) atoms. The monoisotopic (exact) mass is 386 g/mol. The molecular weight excluding hydrogens is 348 g/mol. The van der Waals surface area contributed by atoms with Crippen LogP contribution >= 0.6 is 0 Å².